The van der Waals surface area contributed by atoms with Gasteiger partial charge in [-0.05, 0) is 37.9 Å². The van der Waals surface area contributed by atoms with Crippen LogP contribution in [0, 0.1) is 17.1 Å². The summed E-state index contributed by atoms with van der Waals surface area (Å²) in [4.78, 5) is 3.28. The maximum Gasteiger partial charge on any atom is 0.179 e. The Balaban J connectivity index is 2.49. The highest BCUT2D eigenvalue weighted by atomic mass is 32.1. The van der Waals surface area contributed by atoms with Crippen LogP contribution in [0.25, 0.3) is 11.2 Å². The lowest BCUT2D eigenvalue weighted by atomic mass is 9.92. The van der Waals surface area contributed by atoms with Crippen molar-refractivity contribution in [2.75, 3.05) is 0 Å². The standard InChI is InChI=1S/C13H22N4S/c1-6-17-11-10(9(2)15-17)14-12(18)16(11)8-7-13(3,4)5/h6-8H2,1-5H3,(H,14,18). The predicted octanol–water partition coefficient (Wildman–Crippen LogP) is 3.66. The zero-order chi connectivity index (χ0) is 13.5. The molecule has 100 valence electrons. The normalized spacial score (nSPS) is 12.5. The fraction of sp³-hybridized carbons (Fsp3) is 0.692. The monoisotopic (exact) mass is 266 g/mol. The quantitative estimate of drug-likeness (QED) is 0.861. The van der Waals surface area contributed by atoms with E-state index in [9.17, 15) is 0 Å². The fourth-order valence-corrected chi connectivity index (χ4v) is 2.42. The third kappa shape index (κ3) is 2.36. The number of aromatic amines is 1. The largest absolute Gasteiger partial charge is 0.328 e. The van der Waals surface area contributed by atoms with Gasteiger partial charge in [0, 0.05) is 13.1 Å². The van der Waals surface area contributed by atoms with Crippen LogP contribution < -0.4 is 0 Å². The average molecular weight is 266 g/mol. The van der Waals surface area contributed by atoms with E-state index in [1.54, 1.807) is 0 Å². The summed E-state index contributed by atoms with van der Waals surface area (Å²) in [7, 11) is 0. The molecule has 18 heavy (non-hydrogen) atoms. The number of hydrogen-bond acceptors (Lipinski definition) is 2. The summed E-state index contributed by atoms with van der Waals surface area (Å²) in [5, 5.41) is 4.53. The van der Waals surface area contributed by atoms with Crippen molar-refractivity contribution < 1.29 is 0 Å². The number of H-pyrrole nitrogens is 1. The van der Waals surface area contributed by atoms with E-state index in [4.69, 9.17) is 12.2 Å². The molecule has 2 heterocycles. The van der Waals surface area contributed by atoms with Crippen molar-refractivity contribution in [1.29, 1.82) is 0 Å². The third-order valence-corrected chi connectivity index (χ3v) is 3.54. The minimum atomic E-state index is 0.310. The highest BCUT2D eigenvalue weighted by Gasteiger charge is 2.16. The van der Waals surface area contributed by atoms with Crippen LogP contribution in [0.4, 0.5) is 0 Å². The maximum atomic E-state index is 5.43. The molecule has 2 aromatic rings. The molecule has 0 atom stereocenters. The van der Waals surface area contributed by atoms with E-state index in [1.807, 2.05) is 11.6 Å². The first-order valence-electron chi connectivity index (χ1n) is 6.49. The van der Waals surface area contributed by atoms with Crippen LogP contribution in [-0.4, -0.2) is 19.3 Å². The van der Waals surface area contributed by atoms with Gasteiger partial charge in [-0.3, -0.25) is 0 Å². The first-order chi connectivity index (χ1) is 8.33. The number of nitrogens with zero attached hydrogens (tertiary/aromatic N) is 3. The van der Waals surface area contributed by atoms with Crippen molar-refractivity contribution in [3.63, 3.8) is 0 Å². The molecule has 4 nitrogen and oxygen atoms in total. The van der Waals surface area contributed by atoms with Gasteiger partial charge in [0.25, 0.3) is 0 Å². The van der Waals surface area contributed by atoms with Crippen molar-refractivity contribution in [1.82, 2.24) is 19.3 Å². The number of hydrogen-bond donors (Lipinski definition) is 1. The summed E-state index contributed by atoms with van der Waals surface area (Å²) >= 11 is 5.43. The second-order valence-electron chi connectivity index (χ2n) is 5.99. The molecule has 0 aliphatic heterocycles. The Morgan fingerprint density at radius 3 is 2.56 bits per heavy atom. The van der Waals surface area contributed by atoms with Crippen molar-refractivity contribution >= 4 is 23.4 Å². The molecule has 2 aromatic heterocycles. The van der Waals surface area contributed by atoms with Gasteiger partial charge in [0.05, 0.1) is 5.69 Å². The predicted molar refractivity (Wildman–Crippen MR) is 77.4 cm³/mol. The fourth-order valence-electron chi connectivity index (χ4n) is 2.14. The van der Waals surface area contributed by atoms with Crippen LogP contribution in [0.3, 0.4) is 0 Å². The van der Waals surface area contributed by atoms with Crippen LogP contribution in [0.15, 0.2) is 0 Å². The minimum Gasteiger partial charge on any atom is -0.328 e. The van der Waals surface area contributed by atoms with Crippen molar-refractivity contribution in [2.45, 2.75) is 54.1 Å². The highest BCUT2D eigenvalue weighted by Crippen LogP contribution is 2.23. The molecule has 0 radical (unpaired) electrons. The van der Waals surface area contributed by atoms with E-state index in [1.165, 1.54) is 0 Å². The molecule has 1 N–H and O–H groups in total. The van der Waals surface area contributed by atoms with Crippen molar-refractivity contribution in [3.8, 4) is 0 Å². The number of imidazole rings is 1. The third-order valence-electron chi connectivity index (χ3n) is 3.22. The first-order valence-corrected chi connectivity index (χ1v) is 6.90. The topological polar surface area (TPSA) is 38.5 Å². The Labute approximate surface area is 113 Å². The van der Waals surface area contributed by atoms with Gasteiger partial charge in [-0.1, -0.05) is 20.8 Å². The summed E-state index contributed by atoms with van der Waals surface area (Å²) < 4.78 is 5.01. The second kappa shape index (κ2) is 4.53. The molecule has 5 heteroatoms. The van der Waals surface area contributed by atoms with Gasteiger partial charge in [-0.15, -0.1) is 0 Å². The summed E-state index contributed by atoms with van der Waals surface area (Å²) in [5.41, 5.74) is 3.54. The number of fused-ring (bicyclic) bond motifs is 1. The van der Waals surface area contributed by atoms with Crippen LogP contribution in [0.5, 0.6) is 0 Å². The minimum absolute atomic E-state index is 0.310. The van der Waals surface area contributed by atoms with Gasteiger partial charge in [0.1, 0.15) is 5.52 Å². The van der Waals surface area contributed by atoms with Crippen LogP contribution >= 0.6 is 12.2 Å². The SMILES string of the molecule is CCn1nc(C)c2[nH]c(=S)n(CCC(C)(C)C)c21. The molecule has 2 rings (SSSR count). The van der Waals surface area contributed by atoms with Gasteiger partial charge in [0.2, 0.25) is 0 Å². The Morgan fingerprint density at radius 1 is 1.33 bits per heavy atom. The van der Waals surface area contributed by atoms with E-state index < -0.39 is 0 Å². The number of nitrogens with one attached hydrogen (secondary N) is 1. The number of rotatable bonds is 3. The van der Waals surface area contributed by atoms with Gasteiger partial charge < -0.3 is 9.55 Å². The lowest BCUT2D eigenvalue weighted by Gasteiger charge is -2.18. The molecule has 0 aliphatic rings. The molecule has 0 aromatic carbocycles. The smallest absolute Gasteiger partial charge is 0.179 e. The Bertz CT molecular complexity index is 609. The lowest BCUT2D eigenvalue weighted by molar-refractivity contribution is 0.350. The molecular formula is C13H22N4S. The number of aromatic nitrogens is 4. The van der Waals surface area contributed by atoms with Gasteiger partial charge in [-0.25, -0.2) is 4.68 Å². The van der Waals surface area contributed by atoms with Crippen molar-refractivity contribution in [2.24, 2.45) is 5.41 Å². The first kappa shape index (κ1) is 13.3. The maximum absolute atomic E-state index is 5.43. The van der Waals surface area contributed by atoms with Crippen LogP contribution in [0.2, 0.25) is 0 Å². The summed E-state index contributed by atoms with van der Waals surface area (Å²) in [5.74, 6) is 0. The van der Waals surface area contributed by atoms with E-state index in [-0.39, 0.29) is 0 Å². The Morgan fingerprint density at radius 2 is 2.00 bits per heavy atom. The van der Waals surface area contributed by atoms with Gasteiger partial charge >= 0.3 is 0 Å². The molecule has 0 bridgehead atoms. The molecule has 0 spiro atoms. The van der Waals surface area contributed by atoms with Gasteiger partial charge in [0.15, 0.2) is 10.4 Å². The van der Waals surface area contributed by atoms with Crippen LogP contribution in [0.1, 0.15) is 39.8 Å². The zero-order valence-electron chi connectivity index (χ0n) is 11.9. The van der Waals surface area contributed by atoms with E-state index in [2.05, 4.69) is 42.3 Å². The molecule has 0 saturated heterocycles. The Kier molecular flexibility index (Phi) is 3.36. The van der Waals surface area contributed by atoms with E-state index >= 15 is 0 Å². The lowest BCUT2D eigenvalue weighted by Crippen LogP contribution is -2.12. The number of aryl methyl sites for hydroxylation is 3. The van der Waals surface area contributed by atoms with Gasteiger partial charge in [-0.2, -0.15) is 5.10 Å². The van der Waals surface area contributed by atoms with E-state index in [0.29, 0.717) is 5.41 Å². The molecule has 0 amide bonds. The summed E-state index contributed by atoms with van der Waals surface area (Å²) in [6.07, 6.45) is 1.10. The molecule has 0 aliphatic carbocycles. The zero-order valence-corrected chi connectivity index (χ0v) is 12.7. The molecule has 0 fully saturated rings. The molecular weight excluding hydrogens is 244 g/mol. The van der Waals surface area contributed by atoms with Crippen molar-refractivity contribution in [3.05, 3.63) is 10.5 Å². The summed E-state index contributed by atoms with van der Waals surface area (Å²) in [6, 6.07) is 0. The highest BCUT2D eigenvalue weighted by molar-refractivity contribution is 7.71. The molecule has 0 unspecified atom stereocenters. The summed E-state index contributed by atoms with van der Waals surface area (Å²) in [6.45, 7) is 12.7. The Hall–Kier alpha value is -1.10. The average Bonchev–Trinajstić information content (AvgIpc) is 2.73. The molecule has 0 saturated carbocycles. The second-order valence-corrected chi connectivity index (χ2v) is 6.38. The van der Waals surface area contributed by atoms with E-state index in [0.717, 1.165) is 41.1 Å². The van der Waals surface area contributed by atoms with Crippen LogP contribution in [-0.2, 0) is 13.1 Å².